The number of nitrogens with zero attached hydrogens (tertiary/aromatic N) is 1. The van der Waals surface area contributed by atoms with Crippen molar-refractivity contribution < 1.29 is 0 Å². The first-order chi connectivity index (χ1) is 6.51. The Morgan fingerprint density at radius 1 is 1.13 bits per heavy atom. The Bertz CT molecular complexity index is 227. The van der Waals surface area contributed by atoms with Gasteiger partial charge in [-0.2, -0.15) is 0 Å². The molecular weight excluding hydrogens is 247 g/mol. The highest BCUT2D eigenvalue weighted by Crippen LogP contribution is 2.11. The van der Waals surface area contributed by atoms with Crippen LogP contribution in [0, 0.1) is 0 Å². The van der Waals surface area contributed by atoms with Crippen molar-refractivity contribution in [3.8, 4) is 0 Å². The van der Waals surface area contributed by atoms with Crippen LogP contribution in [-0.4, -0.2) is 30.4 Å². The topological polar surface area (TPSA) is 24.4 Å². The molecule has 0 heterocycles. The van der Waals surface area contributed by atoms with E-state index in [0.29, 0.717) is 6.54 Å². The molecule has 2 nitrogen and oxygen atoms in total. The molecule has 0 radical (unpaired) electrons. The summed E-state index contributed by atoms with van der Waals surface area (Å²) in [5, 5.41) is 4.29. The first-order valence-corrected chi connectivity index (χ1v) is 9.20. The molecule has 0 aromatic heterocycles. The molecule has 0 spiro atoms. The zero-order valence-electron chi connectivity index (χ0n) is 10.5. The van der Waals surface area contributed by atoms with E-state index in [1.807, 2.05) is 0 Å². The molecule has 0 fully saturated rings. The second-order valence-electron chi connectivity index (χ2n) is 5.68. The Labute approximate surface area is 104 Å². The third-order valence-corrected chi connectivity index (χ3v) is 3.88. The third kappa shape index (κ3) is 9.36. The molecule has 0 atom stereocenters. The highest BCUT2D eigenvalue weighted by atomic mass is 35.7. The largest absolute Gasteiger partial charge is 0.307 e. The smallest absolute Gasteiger partial charge is 0.281 e. The van der Waals surface area contributed by atoms with Crippen LogP contribution in [0.5, 0.6) is 0 Å². The van der Waals surface area contributed by atoms with Gasteiger partial charge in [0.2, 0.25) is 0 Å². The van der Waals surface area contributed by atoms with E-state index in [1.165, 1.54) is 0 Å². The fraction of sp³-hybridized carbons (Fsp3) is 0.900. The molecule has 15 heavy (non-hydrogen) atoms. The summed E-state index contributed by atoms with van der Waals surface area (Å²) < 4.78 is 0. The predicted octanol–water partition coefficient (Wildman–Crippen LogP) is 2.85. The van der Waals surface area contributed by atoms with Gasteiger partial charge in [-0.15, -0.1) is 22.2 Å². The van der Waals surface area contributed by atoms with Gasteiger partial charge < -0.3 is 5.32 Å². The van der Waals surface area contributed by atoms with Gasteiger partial charge >= 0.3 is 0 Å². The maximum absolute atomic E-state index is 6.01. The second-order valence-corrected chi connectivity index (χ2v) is 10.2. The van der Waals surface area contributed by atoms with E-state index < -0.39 is 7.42 Å². The molecule has 0 aromatic rings. The standard InChI is InChI=1S/C10H22Cl2N2Si/c1-9(2,3)13-7-8(15(11)12)14-10(4,5)6/h13,15H,7H2,1-6H3. The van der Waals surface area contributed by atoms with Gasteiger partial charge in [0.25, 0.3) is 7.42 Å². The summed E-state index contributed by atoms with van der Waals surface area (Å²) in [7, 11) is -1.84. The van der Waals surface area contributed by atoms with Crippen LogP contribution < -0.4 is 5.32 Å². The van der Waals surface area contributed by atoms with Crippen LogP contribution in [-0.2, 0) is 0 Å². The molecule has 0 aliphatic heterocycles. The van der Waals surface area contributed by atoms with Gasteiger partial charge in [-0.1, -0.05) is 0 Å². The average molecular weight is 269 g/mol. The monoisotopic (exact) mass is 268 g/mol. The van der Waals surface area contributed by atoms with Crippen LogP contribution in [0.25, 0.3) is 0 Å². The van der Waals surface area contributed by atoms with Gasteiger partial charge in [0.1, 0.15) is 0 Å². The lowest BCUT2D eigenvalue weighted by molar-refractivity contribution is 0.454. The average Bonchev–Trinajstić information content (AvgIpc) is 1.93. The molecule has 0 unspecified atom stereocenters. The molecule has 0 bridgehead atoms. The Morgan fingerprint density at radius 3 is 1.87 bits per heavy atom. The fourth-order valence-electron chi connectivity index (χ4n) is 0.952. The molecule has 0 aromatic carbocycles. The van der Waals surface area contributed by atoms with Crippen molar-refractivity contribution in [2.45, 2.75) is 52.6 Å². The highest BCUT2D eigenvalue weighted by Gasteiger charge is 2.19. The Kier molecular flexibility index (Phi) is 5.83. The van der Waals surface area contributed by atoms with E-state index in [9.17, 15) is 0 Å². The first kappa shape index (κ1) is 15.4. The number of nitrogens with one attached hydrogen (secondary N) is 1. The summed E-state index contributed by atoms with van der Waals surface area (Å²) in [6, 6.07) is 0. The molecule has 0 saturated heterocycles. The van der Waals surface area contributed by atoms with Crippen molar-refractivity contribution in [2.75, 3.05) is 6.54 Å². The fourth-order valence-corrected chi connectivity index (χ4v) is 2.45. The predicted molar refractivity (Wildman–Crippen MR) is 73.8 cm³/mol. The summed E-state index contributed by atoms with van der Waals surface area (Å²) in [5.74, 6) is 0. The summed E-state index contributed by atoms with van der Waals surface area (Å²) in [5.41, 5.74) is -0.0420. The zero-order valence-corrected chi connectivity index (χ0v) is 13.2. The third-order valence-electron chi connectivity index (χ3n) is 1.53. The molecule has 0 rings (SSSR count). The van der Waals surface area contributed by atoms with Crippen molar-refractivity contribution in [1.29, 1.82) is 0 Å². The number of aliphatic imine (C=N–C) groups is 1. The normalized spacial score (nSPS) is 14.9. The van der Waals surface area contributed by atoms with Crippen LogP contribution in [0.2, 0.25) is 0 Å². The summed E-state index contributed by atoms with van der Waals surface area (Å²) in [4.78, 5) is 4.56. The van der Waals surface area contributed by atoms with Gasteiger partial charge in [-0.05, 0) is 41.5 Å². The first-order valence-electron chi connectivity index (χ1n) is 5.13. The van der Waals surface area contributed by atoms with E-state index in [-0.39, 0.29) is 11.1 Å². The number of hydrogen-bond acceptors (Lipinski definition) is 2. The lowest BCUT2D eigenvalue weighted by Gasteiger charge is -2.23. The van der Waals surface area contributed by atoms with Crippen LogP contribution >= 0.6 is 22.2 Å². The highest BCUT2D eigenvalue weighted by molar-refractivity contribution is 7.47. The van der Waals surface area contributed by atoms with Crippen molar-refractivity contribution in [3.63, 3.8) is 0 Å². The van der Waals surface area contributed by atoms with Crippen LogP contribution in [0.1, 0.15) is 41.5 Å². The van der Waals surface area contributed by atoms with Gasteiger partial charge in [0.15, 0.2) is 0 Å². The van der Waals surface area contributed by atoms with Gasteiger partial charge in [-0.3, -0.25) is 4.99 Å². The molecule has 5 heteroatoms. The minimum atomic E-state index is -1.84. The molecule has 0 amide bonds. The molecule has 0 saturated carbocycles. The lowest BCUT2D eigenvalue weighted by Crippen LogP contribution is -2.42. The molecule has 90 valence electrons. The Balaban J connectivity index is 4.51. The minimum absolute atomic E-state index is 0.0652. The Morgan fingerprint density at radius 2 is 1.60 bits per heavy atom. The van der Waals surface area contributed by atoms with E-state index in [1.54, 1.807) is 0 Å². The second kappa shape index (κ2) is 5.67. The van der Waals surface area contributed by atoms with E-state index >= 15 is 0 Å². The van der Waals surface area contributed by atoms with Gasteiger partial charge in [0.05, 0.1) is 5.54 Å². The van der Waals surface area contributed by atoms with Crippen LogP contribution in [0.3, 0.4) is 0 Å². The Hall–Kier alpha value is 0.427. The molecule has 1 N–H and O–H groups in total. The quantitative estimate of drug-likeness (QED) is 0.475. The maximum Gasteiger partial charge on any atom is 0.281 e. The van der Waals surface area contributed by atoms with Crippen molar-refractivity contribution in [3.05, 3.63) is 0 Å². The van der Waals surface area contributed by atoms with E-state index in [2.05, 4.69) is 51.9 Å². The summed E-state index contributed by atoms with van der Waals surface area (Å²) in [6.45, 7) is 13.2. The van der Waals surface area contributed by atoms with Gasteiger partial charge in [0, 0.05) is 17.4 Å². The van der Waals surface area contributed by atoms with Gasteiger partial charge in [-0.25, -0.2) is 0 Å². The minimum Gasteiger partial charge on any atom is -0.307 e. The molecular formula is C10H22Cl2N2Si. The molecule has 0 aliphatic rings. The lowest BCUT2D eigenvalue weighted by atomic mass is 10.1. The summed E-state index contributed by atoms with van der Waals surface area (Å²) in [6.07, 6.45) is 0. The van der Waals surface area contributed by atoms with E-state index in [0.717, 1.165) is 5.33 Å². The zero-order chi connectivity index (χ0) is 12.3. The number of rotatable bonds is 3. The number of halogens is 2. The van der Waals surface area contributed by atoms with Crippen LogP contribution in [0.15, 0.2) is 4.99 Å². The SMILES string of the molecule is CC(C)(C)N=C(CNC(C)(C)C)[SiH](Cl)Cl. The number of hydrogen-bond donors (Lipinski definition) is 1. The van der Waals surface area contributed by atoms with Crippen molar-refractivity contribution in [2.24, 2.45) is 4.99 Å². The maximum atomic E-state index is 6.01. The van der Waals surface area contributed by atoms with Crippen LogP contribution in [0.4, 0.5) is 0 Å². The van der Waals surface area contributed by atoms with E-state index in [4.69, 9.17) is 22.2 Å². The van der Waals surface area contributed by atoms with Crippen molar-refractivity contribution in [1.82, 2.24) is 5.32 Å². The summed E-state index contributed by atoms with van der Waals surface area (Å²) >= 11 is 12.0. The molecule has 0 aliphatic carbocycles. The van der Waals surface area contributed by atoms with Crippen molar-refractivity contribution >= 4 is 34.9 Å².